The van der Waals surface area contributed by atoms with E-state index in [9.17, 15) is 43.5 Å². The van der Waals surface area contributed by atoms with Crippen LogP contribution in [0, 0.1) is 5.92 Å². The van der Waals surface area contributed by atoms with E-state index >= 15 is 0 Å². The van der Waals surface area contributed by atoms with E-state index in [0.717, 1.165) is 62.1 Å². The molecule has 3 rings (SSSR count). The molecule has 1 aromatic heterocycles. The first-order valence-corrected chi connectivity index (χ1v) is 26.5. The van der Waals surface area contributed by atoms with Crippen molar-refractivity contribution in [3.63, 3.8) is 0 Å². The minimum Gasteiger partial charge on any atom is -0.462 e. The zero-order valence-electron chi connectivity index (χ0n) is 38.8. The molecule has 0 saturated carbocycles. The van der Waals surface area contributed by atoms with Gasteiger partial charge in [0.25, 0.3) is 0 Å². The minimum absolute atomic E-state index is 0.00454. The molecule has 5 unspecified atom stereocenters. The van der Waals surface area contributed by atoms with Crippen LogP contribution in [0.15, 0.2) is 53.5 Å². The summed E-state index contributed by atoms with van der Waals surface area (Å²) in [7, 11) is -10.9. The number of nitrogens with two attached hydrogens (primary N) is 1. The highest BCUT2D eigenvalue weighted by molar-refractivity contribution is 7.61. The summed E-state index contributed by atoms with van der Waals surface area (Å²) < 4.78 is 62.4. The molecule has 3 heterocycles. The molecule has 21 heteroatoms. The normalized spacial score (nSPS) is 23.6. The third-order valence-electron chi connectivity index (χ3n) is 11.2. The fraction of sp³-hybridized carbons (Fsp3) is 0.733. The highest BCUT2D eigenvalue weighted by Crippen LogP contribution is 2.60. The second kappa shape index (κ2) is 31.1. The Bertz CT molecular complexity index is 1830. The molecule has 2 saturated heterocycles. The average molecular weight is 976 g/mol. The predicted octanol–water partition coefficient (Wildman–Crippen LogP) is 7.67. The van der Waals surface area contributed by atoms with Crippen molar-refractivity contribution in [3.05, 3.63) is 59.2 Å². The Morgan fingerprint density at radius 2 is 1.48 bits per heavy atom. The molecule has 6 N–H and O–H groups in total. The van der Waals surface area contributed by atoms with Gasteiger partial charge in [0.2, 0.25) is 0 Å². The van der Waals surface area contributed by atoms with E-state index in [1.165, 1.54) is 44.6 Å². The van der Waals surface area contributed by atoms with Crippen LogP contribution in [0.25, 0.3) is 0 Å². The maximum atomic E-state index is 12.9. The number of nitrogen functional groups attached to an aromatic ring is 1. The van der Waals surface area contributed by atoms with Crippen LogP contribution in [0.1, 0.15) is 149 Å². The number of aliphatic hydroxyl groups is 2. The zero-order chi connectivity index (χ0) is 48.4. The molecule has 2 fully saturated rings. The Balaban J connectivity index is 1.45. The van der Waals surface area contributed by atoms with Crippen molar-refractivity contribution < 1.29 is 71.0 Å². The summed E-state index contributed by atoms with van der Waals surface area (Å²) >= 11 is 0. The number of aromatic nitrogens is 2. The van der Waals surface area contributed by atoms with Crippen LogP contribution >= 0.6 is 15.6 Å². The van der Waals surface area contributed by atoms with E-state index in [2.05, 4.69) is 66.5 Å². The lowest BCUT2D eigenvalue weighted by Crippen LogP contribution is -2.36. The van der Waals surface area contributed by atoms with Gasteiger partial charge in [-0.25, -0.2) is 13.9 Å². The van der Waals surface area contributed by atoms with E-state index in [1.807, 2.05) is 0 Å². The van der Waals surface area contributed by atoms with E-state index in [4.69, 9.17) is 33.7 Å². The summed E-state index contributed by atoms with van der Waals surface area (Å²) in [5.74, 6) is -0.664. The van der Waals surface area contributed by atoms with Crippen molar-refractivity contribution >= 4 is 33.4 Å². The molecule has 2 aliphatic rings. The summed E-state index contributed by atoms with van der Waals surface area (Å²) in [5.41, 5.74) is 4.57. The molecule has 0 radical (unpaired) electrons. The number of allylic oxidation sites excluding steroid dienone is 5. The van der Waals surface area contributed by atoms with Gasteiger partial charge in [-0.05, 0) is 63.4 Å². The third-order valence-corrected chi connectivity index (χ3v) is 13.8. The SMILES string of the molecule is CCCCC/C=C\C/C=C\C/C=C\CC1OC1CCCC(=O)O[C@H](COC(=O)CCCCCCCCC(C)CC)COP(=O)(O)OP(=O)(O)OC[C@H]1O[C@@H](n2ccc(N)nc2=O)[C@H](O)[C@@H]1O. The molecular weight excluding hydrogens is 900 g/mol. The Kier molecular flexibility index (Phi) is 27.0. The molecule has 66 heavy (non-hydrogen) atoms. The van der Waals surface area contributed by atoms with Crippen LogP contribution in [0.5, 0.6) is 0 Å². The van der Waals surface area contributed by atoms with Crippen LogP contribution in [0.2, 0.25) is 0 Å². The lowest BCUT2D eigenvalue weighted by Gasteiger charge is -2.21. The van der Waals surface area contributed by atoms with Gasteiger partial charge in [-0.2, -0.15) is 9.29 Å². The Morgan fingerprint density at radius 3 is 2.20 bits per heavy atom. The maximum Gasteiger partial charge on any atom is 0.481 e. The van der Waals surface area contributed by atoms with Crippen molar-refractivity contribution in [1.29, 1.82) is 0 Å². The van der Waals surface area contributed by atoms with Gasteiger partial charge in [0, 0.05) is 19.0 Å². The van der Waals surface area contributed by atoms with Crippen LogP contribution in [0.3, 0.4) is 0 Å². The second-order valence-electron chi connectivity index (χ2n) is 16.9. The van der Waals surface area contributed by atoms with Gasteiger partial charge in [-0.1, -0.05) is 115 Å². The van der Waals surface area contributed by atoms with Crippen molar-refractivity contribution in [1.82, 2.24) is 9.55 Å². The monoisotopic (exact) mass is 975 g/mol. The fourth-order valence-electron chi connectivity index (χ4n) is 7.02. The first kappa shape index (κ1) is 57.3. The fourth-order valence-corrected chi connectivity index (χ4v) is 9.13. The van der Waals surface area contributed by atoms with Crippen LogP contribution in [0.4, 0.5) is 5.82 Å². The highest BCUT2D eigenvalue weighted by Gasteiger charge is 2.46. The lowest BCUT2D eigenvalue weighted by atomic mass is 10.00. The minimum atomic E-state index is -5.44. The zero-order valence-corrected chi connectivity index (χ0v) is 40.6. The Labute approximate surface area is 389 Å². The van der Waals surface area contributed by atoms with E-state index in [0.29, 0.717) is 25.2 Å². The molecule has 0 bridgehead atoms. The lowest BCUT2D eigenvalue weighted by molar-refractivity contribution is -0.161. The van der Waals surface area contributed by atoms with Crippen molar-refractivity contribution in [2.24, 2.45) is 5.92 Å². The summed E-state index contributed by atoms with van der Waals surface area (Å²) in [5, 5.41) is 20.9. The number of epoxide rings is 1. The number of ether oxygens (including phenoxy) is 4. The molecule has 0 spiro atoms. The topological polar surface area (TPSA) is 278 Å². The number of phosphoric ester groups is 2. The number of nitrogens with zero attached hydrogens (tertiary/aromatic N) is 2. The van der Waals surface area contributed by atoms with Gasteiger partial charge in [0.05, 0.1) is 25.4 Å². The smallest absolute Gasteiger partial charge is 0.462 e. The number of hydrogen-bond acceptors (Lipinski definition) is 16. The summed E-state index contributed by atoms with van der Waals surface area (Å²) in [6.07, 6.45) is 22.8. The van der Waals surface area contributed by atoms with Crippen molar-refractivity contribution in [2.45, 2.75) is 186 Å². The molecule has 19 nitrogen and oxygen atoms in total. The van der Waals surface area contributed by atoms with Gasteiger partial charge in [0.15, 0.2) is 12.3 Å². The van der Waals surface area contributed by atoms with Crippen molar-refractivity contribution in [2.75, 3.05) is 25.6 Å². The number of rotatable bonds is 36. The molecule has 2 aliphatic heterocycles. The van der Waals surface area contributed by atoms with E-state index < -0.39 is 83.7 Å². The molecule has 0 amide bonds. The van der Waals surface area contributed by atoms with Crippen LogP contribution in [-0.2, 0) is 51.0 Å². The predicted molar refractivity (Wildman–Crippen MR) is 247 cm³/mol. The van der Waals surface area contributed by atoms with Gasteiger partial charge in [0.1, 0.15) is 30.7 Å². The molecule has 0 aromatic carbocycles. The first-order valence-electron chi connectivity index (χ1n) is 23.5. The number of hydrogen-bond donors (Lipinski definition) is 5. The largest absolute Gasteiger partial charge is 0.481 e. The van der Waals surface area contributed by atoms with Crippen LogP contribution < -0.4 is 11.4 Å². The summed E-state index contributed by atoms with van der Waals surface area (Å²) in [4.78, 5) is 61.8. The van der Waals surface area contributed by atoms with Crippen LogP contribution in [-0.4, -0.2) is 97.9 Å². The molecule has 1 aromatic rings. The summed E-state index contributed by atoms with van der Waals surface area (Å²) in [6, 6.07) is 1.24. The molecule has 10 atom stereocenters. The van der Waals surface area contributed by atoms with E-state index in [1.54, 1.807) is 0 Å². The number of anilines is 1. The average Bonchev–Trinajstić information content (AvgIpc) is 3.96. The van der Waals surface area contributed by atoms with E-state index in [-0.39, 0.29) is 30.9 Å². The Morgan fingerprint density at radius 1 is 0.818 bits per heavy atom. The number of phosphoric acid groups is 2. The van der Waals surface area contributed by atoms with Gasteiger partial charge >= 0.3 is 33.3 Å². The molecule has 376 valence electrons. The molecule has 0 aliphatic carbocycles. The second-order valence-corrected chi connectivity index (χ2v) is 19.9. The van der Waals surface area contributed by atoms with Gasteiger partial charge < -0.3 is 44.7 Å². The quantitative estimate of drug-likeness (QED) is 0.0142. The molecular formula is C45H75N3O16P2. The third kappa shape index (κ3) is 23.8. The van der Waals surface area contributed by atoms with Gasteiger partial charge in [-0.3, -0.25) is 23.2 Å². The van der Waals surface area contributed by atoms with Crippen molar-refractivity contribution in [3.8, 4) is 0 Å². The standard InChI is InChI=1S/C45H75N3O16P2/c1-4-6-7-8-9-10-11-12-13-14-18-21-25-36-37(62-36)26-23-28-41(50)61-35(31-58-40(49)27-22-19-16-15-17-20-24-34(3)5-2)32-59-65(54,55)64-66(56,57)60-33-38-42(51)43(52)44(63-38)48-30-29-39(46)47-45(48)53/h9-10,12-13,18,21,29-30,34-38,42-44,51-52H,4-8,11,14-17,19-20,22-28,31-33H2,1-3H3,(H,54,55)(H,56,57)(H2,46,47,53)/b10-9-,13-12-,21-18-/t34?,35-,36?,37?,38-,42-,43-,44-/m1/s1. The maximum absolute atomic E-state index is 12.9. The Hall–Kier alpha value is -3.06. The number of aliphatic hydroxyl groups excluding tert-OH is 2. The first-order chi connectivity index (χ1) is 31.5. The summed E-state index contributed by atoms with van der Waals surface area (Å²) in [6.45, 7) is 4.27. The number of esters is 2. The number of unbranched alkanes of at least 4 members (excludes halogenated alkanes) is 8. The van der Waals surface area contributed by atoms with Gasteiger partial charge in [-0.15, -0.1) is 0 Å². The highest BCUT2D eigenvalue weighted by atomic mass is 31.3. The number of carbonyl (C=O) groups is 2. The number of carbonyl (C=O) groups excluding carboxylic acids is 2.